The Balaban J connectivity index is 0.00000192. The summed E-state index contributed by atoms with van der Waals surface area (Å²) in [4.78, 5) is 0.277. The summed E-state index contributed by atoms with van der Waals surface area (Å²) in [6.45, 7) is 3.91. The second-order valence-corrected chi connectivity index (χ2v) is 8.45. The molecule has 130 valence electrons. The van der Waals surface area contributed by atoms with Gasteiger partial charge in [-0.15, -0.1) is 12.4 Å². The van der Waals surface area contributed by atoms with Crippen molar-refractivity contribution in [3.05, 3.63) is 22.7 Å². The Morgan fingerprint density at radius 2 is 2.17 bits per heavy atom. The van der Waals surface area contributed by atoms with Crippen molar-refractivity contribution in [3.8, 4) is 5.75 Å². The lowest BCUT2D eigenvalue weighted by Crippen LogP contribution is -2.30. The van der Waals surface area contributed by atoms with Crippen molar-refractivity contribution in [3.63, 3.8) is 0 Å². The molecule has 1 aromatic carbocycles. The van der Waals surface area contributed by atoms with Gasteiger partial charge in [-0.05, 0) is 45.0 Å². The maximum atomic E-state index is 12.8. The van der Waals surface area contributed by atoms with Crippen LogP contribution in [0.1, 0.15) is 18.9 Å². The van der Waals surface area contributed by atoms with Crippen LogP contribution >= 0.6 is 24.0 Å². The van der Waals surface area contributed by atoms with Gasteiger partial charge in [0.15, 0.2) is 0 Å². The maximum absolute atomic E-state index is 12.8. The van der Waals surface area contributed by atoms with Gasteiger partial charge in [-0.3, -0.25) is 0 Å². The lowest BCUT2D eigenvalue weighted by atomic mass is 10.1. The Bertz CT molecular complexity index is 682. The molecule has 1 saturated heterocycles. The fourth-order valence-electron chi connectivity index (χ4n) is 3.23. The first kappa shape index (κ1) is 18.8. The first-order chi connectivity index (χ1) is 10.4. The molecule has 23 heavy (non-hydrogen) atoms. The molecule has 2 atom stereocenters. The van der Waals surface area contributed by atoms with E-state index in [1.807, 2.05) is 14.0 Å². The third kappa shape index (κ3) is 3.61. The van der Waals surface area contributed by atoms with E-state index in [-0.39, 0.29) is 23.4 Å². The number of ether oxygens (including phenoxy) is 1. The number of benzene rings is 1. The number of nitrogens with one attached hydrogen (secondary N) is 1. The summed E-state index contributed by atoms with van der Waals surface area (Å²) in [6.07, 6.45) is 1.62. The molecule has 0 saturated carbocycles. The van der Waals surface area contributed by atoms with Gasteiger partial charge in [0.1, 0.15) is 11.9 Å². The van der Waals surface area contributed by atoms with Crippen molar-refractivity contribution >= 4 is 34.0 Å². The average molecular weight is 381 g/mol. The van der Waals surface area contributed by atoms with Crippen LogP contribution in [0.2, 0.25) is 5.02 Å². The lowest BCUT2D eigenvalue weighted by molar-refractivity contribution is 0.255. The first-order valence-corrected chi connectivity index (χ1v) is 9.37. The predicted octanol–water partition coefficient (Wildman–Crippen LogP) is 2.32. The van der Waals surface area contributed by atoms with Crippen molar-refractivity contribution in [2.45, 2.75) is 30.8 Å². The molecular formula is C15H22Cl2N2O3S. The maximum Gasteiger partial charge on any atom is 0.243 e. The molecule has 0 spiro atoms. The number of fused-ring (bicyclic) bond motifs is 1. The zero-order chi connectivity index (χ0) is 15.9. The van der Waals surface area contributed by atoms with Gasteiger partial charge < -0.3 is 10.1 Å². The van der Waals surface area contributed by atoms with Crippen molar-refractivity contribution in [2.24, 2.45) is 5.92 Å². The van der Waals surface area contributed by atoms with E-state index in [0.717, 1.165) is 18.5 Å². The molecule has 2 heterocycles. The number of halogens is 2. The van der Waals surface area contributed by atoms with E-state index in [1.165, 1.54) is 6.07 Å². The second kappa shape index (κ2) is 7.15. The molecule has 1 aromatic rings. The highest BCUT2D eigenvalue weighted by atomic mass is 35.5. The van der Waals surface area contributed by atoms with E-state index in [9.17, 15) is 8.42 Å². The quantitative estimate of drug-likeness (QED) is 0.870. The molecule has 0 amide bonds. The molecule has 5 nitrogen and oxygen atoms in total. The molecule has 2 aliphatic rings. The van der Waals surface area contributed by atoms with Crippen LogP contribution in [0.25, 0.3) is 0 Å². The molecule has 2 unspecified atom stereocenters. The van der Waals surface area contributed by atoms with Crippen LogP contribution in [0.5, 0.6) is 5.75 Å². The van der Waals surface area contributed by atoms with E-state index in [1.54, 1.807) is 10.4 Å². The molecule has 0 bridgehead atoms. The number of nitrogens with zero attached hydrogens (tertiary/aromatic N) is 1. The molecule has 8 heteroatoms. The number of hydrogen-bond acceptors (Lipinski definition) is 4. The minimum absolute atomic E-state index is 0. The standard InChI is InChI=1S/C15H21ClN2O3S.ClH/c1-10-5-12-6-13(7-14(16)15(12)21-10)22(19,20)18-4-3-11(9-18)8-17-2;/h6-7,10-11,17H,3-5,8-9H2,1-2H3;1H. The van der Waals surface area contributed by atoms with Crippen LogP contribution in [-0.2, 0) is 16.4 Å². The molecule has 0 aromatic heterocycles. The SMILES string of the molecule is CNCC1CCN(S(=O)(=O)c2cc(Cl)c3c(c2)CC(C)O3)C1.Cl. The highest BCUT2D eigenvalue weighted by molar-refractivity contribution is 7.89. The van der Waals surface area contributed by atoms with E-state index < -0.39 is 10.0 Å². The van der Waals surface area contributed by atoms with Gasteiger partial charge in [-0.2, -0.15) is 4.31 Å². The summed E-state index contributed by atoms with van der Waals surface area (Å²) in [6, 6.07) is 3.23. The van der Waals surface area contributed by atoms with Gasteiger partial charge in [-0.25, -0.2) is 8.42 Å². The summed E-state index contributed by atoms with van der Waals surface area (Å²) in [5, 5.41) is 3.49. The summed E-state index contributed by atoms with van der Waals surface area (Å²) in [7, 11) is -1.60. The van der Waals surface area contributed by atoms with Crippen LogP contribution in [0, 0.1) is 5.92 Å². The summed E-state index contributed by atoms with van der Waals surface area (Å²) in [5.41, 5.74) is 0.879. The topological polar surface area (TPSA) is 58.6 Å². The van der Waals surface area contributed by atoms with E-state index >= 15 is 0 Å². The minimum Gasteiger partial charge on any atom is -0.489 e. The number of rotatable bonds is 4. The van der Waals surface area contributed by atoms with Crippen LogP contribution in [0.4, 0.5) is 0 Å². The van der Waals surface area contributed by atoms with Crippen LogP contribution in [-0.4, -0.2) is 45.5 Å². The van der Waals surface area contributed by atoms with Crippen LogP contribution < -0.4 is 10.1 Å². The minimum atomic E-state index is -3.49. The van der Waals surface area contributed by atoms with Crippen LogP contribution in [0.15, 0.2) is 17.0 Å². The number of sulfonamides is 1. The lowest BCUT2D eigenvalue weighted by Gasteiger charge is -2.17. The molecule has 2 aliphatic heterocycles. The van der Waals surface area contributed by atoms with Gasteiger partial charge in [0.2, 0.25) is 10.0 Å². The Labute approximate surface area is 148 Å². The Morgan fingerprint density at radius 1 is 1.43 bits per heavy atom. The Morgan fingerprint density at radius 3 is 2.87 bits per heavy atom. The third-order valence-corrected chi connectivity index (χ3v) is 6.42. The summed E-state index contributed by atoms with van der Waals surface area (Å²) < 4.78 is 32.8. The average Bonchev–Trinajstić information content (AvgIpc) is 3.05. The molecule has 3 rings (SSSR count). The van der Waals surface area contributed by atoms with Gasteiger partial charge >= 0.3 is 0 Å². The van der Waals surface area contributed by atoms with Crippen molar-refractivity contribution in [1.82, 2.24) is 9.62 Å². The zero-order valence-corrected chi connectivity index (χ0v) is 15.6. The Kier molecular flexibility index (Phi) is 5.85. The Hall–Kier alpha value is -0.530. The predicted molar refractivity (Wildman–Crippen MR) is 93.3 cm³/mol. The van der Waals surface area contributed by atoms with Gasteiger partial charge in [0, 0.05) is 25.1 Å². The highest BCUT2D eigenvalue weighted by Crippen LogP contribution is 2.39. The van der Waals surface area contributed by atoms with Gasteiger partial charge in [-0.1, -0.05) is 11.6 Å². The smallest absolute Gasteiger partial charge is 0.243 e. The van der Waals surface area contributed by atoms with E-state index in [0.29, 0.717) is 36.2 Å². The fraction of sp³-hybridized carbons (Fsp3) is 0.600. The molecule has 0 aliphatic carbocycles. The molecular weight excluding hydrogens is 359 g/mol. The summed E-state index contributed by atoms with van der Waals surface area (Å²) >= 11 is 6.21. The largest absolute Gasteiger partial charge is 0.489 e. The van der Waals surface area contributed by atoms with Gasteiger partial charge in [0.25, 0.3) is 0 Å². The highest BCUT2D eigenvalue weighted by Gasteiger charge is 2.34. The second-order valence-electron chi connectivity index (χ2n) is 6.10. The van der Waals surface area contributed by atoms with Gasteiger partial charge in [0.05, 0.1) is 9.92 Å². The van der Waals surface area contributed by atoms with E-state index in [2.05, 4.69) is 5.32 Å². The van der Waals surface area contributed by atoms with Crippen molar-refractivity contribution in [2.75, 3.05) is 26.7 Å². The zero-order valence-electron chi connectivity index (χ0n) is 13.2. The normalized spacial score (nSPS) is 24.1. The van der Waals surface area contributed by atoms with Crippen LogP contribution in [0.3, 0.4) is 0 Å². The molecule has 1 fully saturated rings. The summed E-state index contributed by atoms with van der Waals surface area (Å²) in [5.74, 6) is 0.996. The van der Waals surface area contributed by atoms with Crippen molar-refractivity contribution < 1.29 is 13.2 Å². The molecule has 1 N–H and O–H groups in total. The third-order valence-electron chi connectivity index (χ3n) is 4.30. The van der Waals surface area contributed by atoms with E-state index in [4.69, 9.17) is 16.3 Å². The van der Waals surface area contributed by atoms with Crippen molar-refractivity contribution in [1.29, 1.82) is 0 Å². The molecule has 0 radical (unpaired) electrons. The first-order valence-electron chi connectivity index (χ1n) is 7.55. The number of hydrogen-bond donors (Lipinski definition) is 1. The monoisotopic (exact) mass is 380 g/mol. The fourth-order valence-corrected chi connectivity index (χ4v) is 5.18.